The van der Waals surface area contributed by atoms with Gasteiger partial charge >= 0.3 is 0 Å². The van der Waals surface area contributed by atoms with Crippen molar-refractivity contribution in [1.29, 1.82) is 0 Å². The molecule has 2 unspecified atom stereocenters. The van der Waals surface area contributed by atoms with Gasteiger partial charge in [-0.3, -0.25) is 0 Å². The summed E-state index contributed by atoms with van der Waals surface area (Å²) in [5.74, 6) is 0. The van der Waals surface area contributed by atoms with Crippen LogP contribution < -0.4 is 10.6 Å². The Hall–Kier alpha value is -1.06. The van der Waals surface area contributed by atoms with Gasteiger partial charge in [0.1, 0.15) is 0 Å². The Kier molecular flexibility index (Phi) is 3.74. The van der Waals surface area contributed by atoms with Crippen LogP contribution in [0.1, 0.15) is 31.2 Å². The normalized spacial score (nSPS) is 30.2. The maximum Gasteiger partial charge on any atom is 0.0548 e. The van der Waals surface area contributed by atoms with Crippen LogP contribution in [-0.2, 0) is 0 Å². The molecule has 3 rings (SSSR count). The van der Waals surface area contributed by atoms with E-state index in [0.29, 0.717) is 0 Å². The van der Waals surface area contributed by atoms with E-state index in [4.69, 9.17) is 5.73 Å². The topological polar surface area (TPSA) is 32.5 Å². The molecule has 2 saturated heterocycles. The second-order valence-electron chi connectivity index (χ2n) is 6.61. The number of benzene rings is 1. The van der Waals surface area contributed by atoms with Gasteiger partial charge in [0.25, 0.3) is 0 Å². The molecule has 2 atom stereocenters. The number of likely N-dealkylation sites (N-methyl/N-ethyl adjacent to an activating group) is 1. The van der Waals surface area contributed by atoms with Crippen molar-refractivity contribution in [3.63, 3.8) is 0 Å². The van der Waals surface area contributed by atoms with Crippen LogP contribution in [0.15, 0.2) is 24.3 Å². The van der Waals surface area contributed by atoms with E-state index in [1.54, 1.807) is 0 Å². The summed E-state index contributed by atoms with van der Waals surface area (Å²) in [6.07, 6.45) is 5.11. The summed E-state index contributed by atoms with van der Waals surface area (Å²) in [5.41, 5.74) is 9.00. The molecular weight excluding hydrogens is 246 g/mol. The van der Waals surface area contributed by atoms with Crippen molar-refractivity contribution >= 4 is 5.69 Å². The van der Waals surface area contributed by atoms with Crippen LogP contribution in [0.3, 0.4) is 0 Å². The van der Waals surface area contributed by atoms with Crippen molar-refractivity contribution in [2.75, 3.05) is 31.6 Å². The SMILES string of the molecule is Cc1cccc(N(C)C2(CN)CCN3CCCC3C2)c1. The number of piperidine rings is 1. The number of nitrogens with two attached hydrogens (primary N) is 1. The fourth-order valence-corrected chi connectivity index (χ4v) is 4.05. The molecule has 0 saturated carbocycles. The maximum atomic E-state index is 6.24. The molecule has 0 amide bonds. The zero-order chi connectivity index (χ0) is 14.2. The van der Waals surface area contributed by atoms with E-state index in [-0.39, 0.29) is 5.54 Å². The van der Waals surface area contributed by atoms with Gasteiger partial charge < -0.3 is 15.5 Å². The first kappa shape index (κ1) is 13.9. The van der Waals surface area contributed by atoms with Gasteiger partial charge in [0.15, 0.2) is 0 Å². The number of aryl methyl sites for hydroxylation is 1. The summed E-state index contributed by atoms with van der Waals surface area (Å²) in [6.45, 7) is 5.41. The second-order valence-corrected chi connectivity index (χ2v) is 6.61. The molecule has 2 aliphatic heterocycles. The van der Waals surface area contributed by atoms with Gasteiger partial charge in [0, 0.05) is 31.9 Å². The lowest BCUT2D eigenvalue weighted by molar-refractivity contribution is 0.131. The van der Waals surface area contributed by atoms with E-state index < -0.39 is 0 Å². The highest BCUT2D eigenvalue weighted by molar-refractivity contribution is 5.50. The lowest BCUT2D eigenvalue weighted by atomic mass is 9.81. The molecule has 0 bridgehead atoms. The van der Waals surface area contributed by atoms with E-state index in [0.717, 1.165) is 12.6 Å². The minimum Gasteiger partial charge on any atom is -0.368 e. The van der Waals surface area contributed by atoms with Crippen LogP contribution in [0.2, 0.25) is 0 Å². The molecule has 0 radical (unpaired) electrons. The summed E-state index contributed by atoms with van der Waals surface area (Å²) >= 11 is 0. The highest BCUT2D eigenvalue weighted by Gasteiger charge is 2.43. The molecular formula is C17H27N3. The molecule has 1 aromatic carbocycles. The Morgan fingerprint density at radius 3 is 3.00 bits per heavy atom. The molecule has 110 valence electrons. The van der Waals surface area contributed by atoms with E-state index in [1.165, 1.54) is 50.0 Å². The van der Waals surface area contributed by atoms with Crippen LogP contribution in [-0.4, -0.2) is 43.2 Å². The first-order valence-corrected chi connectivity index (χ1v) is 7.89. The maximum absolute atomic E-state index is 6.24. The lowest BCUT2D eigenvalue weighted by Gasteiger charge is -2.50. The van der Waals surface area contributed by atoms with Gasteiger partial charge in [-0.15, -0.1) is 0 Å². The first-order chi connectivity index (χ1) is 9.64. The Balaban J connectivity index is 1.85. The van der Waals surface area contributed by atoms with Crippen LogP contribution in [0.25, 0.3) is 0 Å². The summed E-state index contributed by atoms with van der Waals surface area (Å²) < 4.78 is 0. The Morgan fingerprint density at radius 1 is 1.40 bits per heavy atom. The van der Waals surface area contributed by atoms with Crippen molar-refractivity contribution in [1.82, 2.24) is 4.90 Å². The monoisotopic (exact) mass is 273 g/mol. The molecule has 0 aliphatic carbocycles. The fourth-order valence-electron chi connectivity index (χ4n) is 4.05. The largest absolute Gasteiger partial charge is 0.368 e. The van der Waals surface area contributed by atoms with E-state index in [1.807, 2.05) is 0 Å². The summed E-state index contributed by atoms with van der Waals surface area (Å²) in [4.78, 5) is 5.12. The number of hydrogen-bond acceptors (Lipinski definition) is 3. The zero-order valence-corrected chi connectivity index (χ0v) is 12.8. The number of anilines is 1. The van der Waals surface area contributed by atoms with Crippen molar-refractivity contribution in [3.8, 4) is 0 Å². The van der Waals surface area contributed by atoms with E-state index in [9.17, 15) is 0 Å². The number of nitrogens with zero attached hydrogens (tertiary/aromatic N) is 2. The second kappa shape index (κ2) is 5.38. The molecule has 1 aromatic rings. The smallest absolute Gasteiger partial charge is 0.0548 e. The Bertz CT molecular complexity index is 473. The quantitative estimate of drug-likeness (QED) is 0.918. The third-order valence-corrected chi connectivity index (χ3v) is 5.46. The molecule has 2 aliphatic rings. The minimum atomic E-state index is 0.138. The Labute approximate surface area is 122 Å². The van der Waals surface area contributed by atoms with Gasteiger partial charge in [-0.05, 0) is 56.8 Å². The van der Waals surface area contributed by atoms with Gasteiger partial charge in [-0.2, -0.15) is 0 Å². The number of fused-ring (bicyclic) bond motifs is 1. The third kappa shape index (κ3) is 2.33. The van der Waals surface area contributed by atoms with E-state index >= 15 is 0 Å². The number of hydrogen-bond donors (Lipinski definition) is 1. The zero-order valence-electron chi connectivity index (χ0n) is 12.8. The average Bonchev–Trinajstić information content (AvgIpc) is 2.93. The van der Waals surface area contributed by atoms with Crippen LogP contribution in [0.4, 0.5) is 5.69 Å². The molecule has 2 heterocycles. The summed E-state index contributed by atoms with van der Waals surface area (Å²) in [6, 6.07) is 9.55. The molecule has 2 fully saturated rings. The van der Waals surface area contributed by atoms with Crippen molar-refractivity contribution in [3.05, 3.63) is 29.8 Å². The third-order valence-electron chi connectivity index (χ3n) is 5.46. The molecule has 2 N–H and O–H groups in total. The molecule has 0 spiro atoms. The predicted octanol–water partition coefficient (Wildman–Crippen LogP) is 2.39. The Morgan fingerprint density at radius 2 is 2.25 bits per heavy atom. The van der Waals surface area contributed by atoms with Crippen LogP contribution in [0.5, 0.6) is 0 Å². The van der Waals surface area contributed by atoms with Gasteiger partial charge in [0.05, 0.1) is 5.54 Å². The first-order valence-electron chi connectivity index (χ1n) is 7.89. The number of rotatable bonds is 3. The lowest BCUT2D eigenvalue weighted by Crippen LogP contribution is -2.60. The highest BCUT2D eigenvalue weighted by Crippen LogP contribution is 2.37. The summed E-state index contributed by atoms with van der Waals surface area (Å²) in [5, 5.41) is 0. The van der Waals surface area contributed by atoms with Gasteiger partial charge in [0.2, 0.25) is 0 Å². The van der Waals surface area contributed by atoms with Crippen LogP contribution in [0, 0.1) is 6.92 Å². The standard InChI is InChI=1S/C17H27N3/c1-14-5-3-6-15(11-14)19(2)17(13-18)8-10-20-9-4-7-16(20)12-17/h3,5-6,11,16H,4,7-10,12-13,18H2,1-2H3. The van der Waals surface area contributed by atoms with Crippen molar-refractivity contribution < 1.29 is 0 Å². The van der Waals surface area contributed by atoms with Crippen LogP contribution >= 0.6 is 0 Å². The highest BCUT2D eigenvalue weighted by atomic mass is 15.3. The van der Waals surface area contributed by atoms with E-state index in [2.05, 4.69) is 48.0 Å². The molecule has 3 heteroatoms. The van der Waals surface area contributed by atoms with Gasteiger partial charge in [-0.1, -0.05) is 12.1 Å². The predicted molar refractivity (Wildman–Crippen MR) is 85.2 cm³/mol. The summed E-state index contributed by atoms with van der Waals surface area (Å²) in [7, 11) is 2.23. The van der Waals surface area contributed by atoms with Crippen molar-refractivity contribution in [2.24, 2.45) is 5.73 Å². The average molecular weight is 273 g/mol. The molecule has 3 nitrogen and oxygen atoms in total. The van der Waals surface area contributed by atoms with Crippen molar-refractivity contribution in [2.45, 2.75) is 44.2 Å². The fraction of sp³-hybridized carbons (Fsp3) is 0.647. The molecule has 20 heavy (non-hydrogen) atoms. The minimum absolute atomic E-state index is 0.138. The van der Waals surface area contributed by atoms with Gasteiger partial charge in [-0.25, -0.2) is 0 Å². The molecule has 0 aromatic heterocycles.